The van der Waals surface area contributed by atoms with Gasteiger partial charge in [-0.2, -0.15) is 4.98 Å². The number of hydrogen-bond donors (Lipinski definition) is 1. The van der Waals surface area contributed by atoms with Crippen LogP contribution in [0.2, 0.25) is 0 Å². The van der Waals surface area contributed by atoms with Crippen molar-refractivity contribution < 1.29 is 14.1 Å². The number of ether oxygens (including phenoxy) is 1. The SMILES string of the molecule is Cc1ccc(-c2noc(-c3ccccc3NC(=O)COc3ccccc3)n2)cc1. The van der Waals surface area contributed by atoms with Crippen molar-refractivity contribution in [2.24, 2.45) is 0 Å². The minimum Gasteiger partial charge on any atom is -0.484 e. The first kappa shape index (κ1) is 18.4. The van der Waals surface area contributed by atoms with Crippen LogP contribution in [-0.2, 0) is 4.79 Å². The van der Waals surface area contributed by atoms with E-state index in [2.05, 4.69) is 15.5 Å². The number of amides is 1. The molecule has 0 saturated heterocycles. The molecule has 29 heavy (non-hydrogen) atoms. The van der Waals surface area contributed by atoms with Crippen molar-refractivity contribution >= 4 is 11.6 Å². The van der Waals surface area contributed by atoms with Crippen LogP contribution in [0.3, 0.4) is 0 Å². The summed E-state index contributed by atoms with van der Waals surface area (Å²) >= 11 is 0. The normalized spacial score (nSPS) is 10.5. The quantitative estimate of drug-likeness (QED) is 0.519. The van der Waals surface area contributed by atoms with Crippen molar-refractivity contribution in [3.05, 3.63) is 84.4 Å². The Morgan fingerprint density at radius 2 is 1.69 bits per heavy atom. The zero-order chi connectivity index (χ0) is 20.1. The molecule has 144 valence electrons. The molecular weight excluding hydrogens is 366 g/mol. The van der Waals surface area contributed by atoms with Gasteiger partial charge in [0.05, 0.1) is 11.3 Å². The van der Waals surface area contributed by atoms with Crippen LogP contribution in [0.15, 0.2) is 83.4 Å². The van der Waals surface area contributed by atoms with Crippen LogP contribution in [-0.4, -0.2) is 22.7 Å². The Kier molecular flexibility index (Phi) is 5.33. The van der Waals surface area contributed by atoms with Gasteiger partial charge in [0.25, 0.3) is 11.8 Å². The molecule has 3 aromatic carbocycles. The average molecular weight is 385 g/mol. The molecule has 0 spiro atoms. The molecule has 4 rings (SSSR count). The summed E-state index contributed by atoms with van der Waals surface area (Å²) in [5.41, 5.74) is 3.24. The molecule has 0 aliphatic carbocycles. The van der Waals surface area contributed by atoms with Crippen LogP contribution in [0.5, 0.6) is 5.75 Å². The zero-order valence-corrected chi connectivity index (χ0v) is 15.8. The van der Waals surface area contributed by atoms with E-state index in [1.165, 1.54) is 0 Å². The van der Waals surface area contributed by atoms with Crippen LogP contribution in [0.1, 0.15) is 5.56 Å². The second-order valence-corrected chi connectivity index (χ2v) is 6.48. The maximum absolute atomic E-state index is 12.3. The van der Waals surface area contributed by atoms with Gasteiger partial charge in [0, 0.05) is 5.56 Å². The molecule has 1 amide bonds. The van der Waals surface area contributed by atoms with Gasteiger partial charge < -0.3 is 14.6 Å². The first-order valence-corrected chi connectivity index (χ1v) is 9.17. The van der Waals surface area contributed by atoms with Crippen LogP contribution in [0.4, 0.5) is 5.69 Å². The monoisotopic (exact) mass is 385 g/mol. The number of para-hydroxylation sites is 2. The van der Waals surface area contributed by atoms with Gasteiger partial charge >= 0.3 is 0 Å². The molecule has 1 N–H and O–H groups in total. The van der Waals surface area contributed by atoms with E-state index in [9.17, 15) is 4.79 Å². The molecule has 0 unspecified atom stereocenters. The molecule has 0 fully saturated rings. The second kappa shape index (κ2) is 8.39. The molecule has 1 heterocycles. The molecule has 1 aromatic heterocycles. The maximum atomic E-state index is 12.3. The highest BCUT2D eigenvalue weighted by atomic mass is 16.5. The lowest BCUT2D eigenvalue weighted by molar-refractivity contribution is -0.118. The van der Waals surface area contributed by atoms with Crippen LogP contribution in [0.25, 0.3) is 22.8 Å². The van der Waals surface area contributed by atoms with E-state index in [0.29, 0.717) is 28.7 Å². The minimum absolute atomic E-state index is 0.100. The number of benzene rings is 3. The van der Waals surface area contributed by atoms with Gasteiger partial charge in [-0.15, -0.1) is 0 Å². The maximum Gasteiger partial charge on any atom is 0.262 e. The smallest absolute Gasteiger partial charge is 0.262 e. The lowest BCUT2D eigenvalue weighted by atomic mass is 10.1. The topological polar surface area (TPSA) is 77.2 Å². The van der Waals surface area contributed by atoms with E-state index < -0.39 is 0 Å². The number of hydrogen-bond acceptors (Lipinski definition) is 5. The lowest BCUT2D eigenvalue weighted by Gasteiger charge is -2.09. The highest BCUT2D eigenvalue weighted by Crippen LogP contribution is 2.28. The number of aryl methyl sites for hydroxylation is 1. The third-order valence-electron chi connectivity index (χ3n) is 4.28. The van der Waals surface area contributed by atoms with E-state index in [4.69, 9.17) is 9.26 Å². The number of rotatable bonds is 6. The Morgan fingerprint density at radius 1 is 0.966 bits per heavy atom. The molecule has 4 aromatic rings. The average Bonchev–Trinajstić information content (AvgIpc) is 3.24. The summed E-state index contributed by atoms with van der Waals surface area (Å²) in [7, 11) is 0. The van der Waals surface area contributed by atoms with Crippen molar-refractivity contribution in [2.45, 2.75) is 6.92 Å². The predicted octanol–water partition coefficient (Wildman–Crippen LogP) is 4.73. The Labute approximate surface area is 168 Å². The molecule has 0 atom stereocenters. The fraction of sp³-hybridized carbons (Fsp3) is 0.0870. The lowest BCUT2D eigenvalue weighted by Crippen LogP contribution is -2.20. The summed E-state index contributed by atoms with van der Waals surface area (Å²) in [5.74, 6) is 1.18. The number of carbonyl (C=O) groups is 1. The van der Waals surface area contributed by atoms with Crippen LogP contribution in [0, 0.1) is 6.92 Å². The predicted molar refractivity (Wildman–Crippen MR) is 110 cm³/mol. The zero-order valence-electron chi connectivity index (χ0n) is 15.8. The summed E-state index contributed by atoms with van der Waals surface area (Å²) in [6.45, 7) is 1.92. The van der Waals surface area contributed by atoms with Crippen LogP contribution < -0.4 is 10.1 Å². The third-order valence-corrected chi connectivity index (χ3v) is 4.28. The second-order valence-electron chi connectivity index (χ2n) is 6.48. The number of aromatic nitrogens is 2. The molecule has 0 aliphatic heterocycles. The van der Waals surface area contributed by atoms with Crippen LogP contribution >= 0.6 is 0 Å². The standard InChI is InChI=1S/C23H19N3O3/c1-16-11-13-17(14-12-16)22-25-23(29-26-22)19-9-5-6-10-20(19)24-21(27)15-28-18-7-3-2-4-8-18/h2-14H,15H2,1H3,(H,24,27). The molecule has 0 saturated carbocycles. The van der Waals surface area contributed by atoms with E-state index in [1.54, 1.807) is 18.2 Å². The van der Waals surface area contributed by atoms with Gasteiger partial charge in [0.15, 0.2) is 6.61 Å². The first-order chi connectivity index (χ1) is 14.2. The summed E-state index contributed by atoms with van der Waals surface area (Å²) in [5, 5.41) is 6.91. The van der Waals surface area contributed by atoms with E-state index >= 15 is 0 Å². The fourth-order valence-electron chi connectivity index (χ4n) is 2.78. The van der Waals surface area contributed by atoms with E-state index in [0.717, 1.165) is 11.1 Å². The van der Waals surface area contributed by atoms with Crippen molar-refractivity contribution in [1.82, 2.24) is 10.1 Å². The highest BCUT2D eigenvalue weighted by molar-refractivity contribution is 5.95. The number of nitrogens with one attached hydrogen (secondary N) is 1. The van der Waals surface area contributed by atoms with Gasteiger partial charge in [-0.25, -0.2) is 0 Å². The van der Waals surface area contributed by atoms with Gasteiger partial charge in [-0.05, 0) is 31.2 Å². The molecule has 6 heteroatoms. The van der Waals surface area contributed by atoms with Gasteiger partial charge in [-0.3, -0.25) is 4.79 Å². The minimum atomic E-state index is -0.278. The molecular formula is C23H19N3O3. The summed E-state index contributed by atoms with van der Waals surface area (Å²) in [4.78, 5) is 16.8. The Balaban J connectivity index is 1.50. The van der Waals surface area contributed by atoms with Crippen molar-refractivity contribution in [3.63, 3.8) is 0 Å². The molecule has 0 aliphatic rings. The van der Waals surface area contributed by atoms with E-state index in [-0.39, 0.29) is 12.5 Å². The Hall–Kier alpha value is -3.93. The highest BCUT2D eigenvalue weighted by Gasteiger charge is 2.15. The molecule has 6 nitrogen and oxygen atoms in total. The first-order valence-electron chi connectivity index (χ1n) is 9.17. The summed E-state index contributed by atoms with van der Waals surface area (Å²) in [6, 6.07) is 24.3. The molecule has 0 bridgehead atoms. The van der Waals surface area contributed by atoms with Gasteiger partial charge in [-0.1, -0.05) is 65.3 Å². The number of carbonyl (C=O) groups excluding carboxylic acids is 1. The van der Waals surface area contributed by atoms with Crippen molar-refractivity contribution in [1.29, 1.82) is 0 Å². The fourth-order valence-corrected chi connectivity index (χ4v) is 2.78. The van der Waals surface area contributed by atoms with Gasteiger partial charge in [0.1, 0.15) is 5.75 Å². The Bertz CT molecular complexity index is 1110. The van der Waals surface area contributed by atoms with Gasteiger partial charge in [0.2, 0.25) is 5.82 Å². The van der Waals surface area contributed by atoms with E-state index in [1.807, 2.05) is 67.6 Å². The number of anilines is 1. The summed E-state index contributed by atoms with van der Waals surface area (Å²) < 4.78 is 10.9. The largest absolute Gasteiger partial charge is 0.484 e. The summed E-state index contributed by atoms with van der Waals surface area (Å²) in [6.07, 6.45) is 0. The Morgan fingerprint density at radius 3 is 2.48 bits per heavy atom. The van der Waals surface area contributed by atoms with Crippen molar-refractivity contribution in [2.75, 3.05) is 11.9 Å². The number of nitrogens with zero attached hydrogens (tertiary/aromatic N) is 2. The molecule has 0 radical (unpaired) electrons. The third kappa shape index (κ3) is 4.50. The van der Waals surface area contributed by atoms with Crippen molar-refractivity contribution in [3.8, 4) is 28.6 Å².